The minimum absolute atomic E-state index is 0.758. The maximum Gasteiger partial charge on any atom is 0.170 e. The minimum atomic E-state index is -1.18. The third kappa shape index (κ3) is 7.02. The van der Waals surface area contributed by atoms with Crippen LogP contribution in [0.5, 0.6) is 0 Å². The molecule has 1 nitrogen and oxygen atoms in total. The van der Waals surface area contributed by atoms with Gasteiger partial charge in [-0.05, 0) is 26.2 Å². The van der Waals surface area contributed by atoms with Crippen molar-refractivity contribution in [1.82, 2.24) is 0 Å². The second-order valence-electron chi connectivity index (χ2n) is 3.20. The fourth-order valence-corrected chi connectivity index (χ4v) is 7.33. The Bertz CT molecular complexity index is 81.5. The predicted molar refractivity (Wildman–Crippen MR) is 56.3 cm³/mol. The van der Waals surface area contributed by atoms with Crippen molar-refractivity contribution in [1.29, 1.82) is 0 Å². The molecule has 1 atom stereocenters. The third-order valence-electron chi connectivity index (χ3n) is 0.772. The summed E-state index contributed by atoms with van der Waals surface area (Å²) in [6.45, 7) is 9.03. The lowest BCUT2D eigenvalue weighted by Crippen LogP contribution is -2.34. The van der Waals surface area contributed by atoms with Crippen LogP contribution in [0.4, 0.5) is 0 Å². The van der Waals surface area contributed by atoms with E-state index in [0.717, 1.165) is 0 Å². The van der Waals surface area contributed by atoms with E-state index >= 15 is 0 Å². The molecular weight excluding hydrogens is 259 g/mol. The van der Waals surface area contributed by atoms with E-state index in [-0.39, 0.29) is 0 Å². The minimum Gasteiger partial charge on any atom is -0.457 e. The van der Waals surface area contributed by atoms with Crippen LogP contribution in [-0.4, -0.2) is 21.4 Å². The van der Waals surface area contributed by atoms with Gasteiger partial charge in [0.15, 0.2) is 17.4 Å². The normalized spacial score (nSPS) is 15.7. The van der Waals surface area contributed by atoms with E-state index in [1.807, 2.05) is 0 Å². The van der Waals surface area contributed by atoms with E-state index in [9.17, 15) is 0 Å². The quantitative estimate of drug-likeness (QED) is 0.435. The highest BCUT2D eigenvalue weighted by atomic mass is 127. The molecule has 0 aliphatic carbocycles. The van der Waals surface area contributed by atoms with Crippen LogP contribution >= 0.6 is 22.6 Å². The monoisotopic (exact) mass is 274 g/mol. The molecule has 4 heteroatoms. The van der Waals surface area contributed by atoms with Crippen molar-refractivity contribution in [3.05, 3.63) is 0 Å². The van der Waals surface area contributed by atoms with E-state index in [1.165, 1.54) is 4.05 Å². The van der Waals surface area contributed by atoms with Gasteiger partial charge in [-0.3, -0.25) is 0 Å². The van der Waals surface area contributed by atoms with Crippen molar-refractivity contribution in [3.8, 4) is 0 Å². The number of rotatable bonds is 3. The Balaban J connectivity index is 3.47. The molecule has 1 unspecified atom stereocenters. The number of alkyl halides is 1. The maximum absolute atomic E-state index is 5.86. The summed E-state index contributed by atoms with van der Waals surface area (Å²) >= 11 is 2.41. The average Bonchev–Trinajstić information content (AvgIpc) is 1.62. The van der Waals surface area contributed by atoms with Crippen LogP contribution in [0.25, 0.3) is 0 Å². The Morgan fingerprint density at radius 2 is 1.89 bits per heavy atom. The SMILES string of the molecule is C[SiH](CI)O[Si](C)(C)C. The van der Waals surface area contributed by atoms with Crippen LogP contribution < -0.4 is 0 Å². The largest absolute Gasteiger partial charge is 0.457 e. The van der Waals surface area contributed by atoms with Gasteiger partial charge >= 0.3 is 0 Å². The number of halogens is 1. The molecule has 0 spiro atoms. The summed E-state index contributed by atoms with van der Waals surface area (Å²) in [6, 6.07) is 0. The molecule has 0 aromatic rings. The van der Waals surface area contributed by atoms with E-state index in [2.05, 4.69) is 48.8 Å². The van der Waals surface area contributed by atoms with Gasteiger partial charge in [0.1, 0.15) is 0 Å². The molecule has 0 radical (unpaired) electrons. The molecule has 0 aliphatic rings. The lowest BCUT2D eigenvalue weighted by Gasteiger charge is -2.21. The van der Waals surface area contributed by atoms with E-state index in [4.69, 9.17) is 4.12 Å². The zero-order chi connectivity index (χ0) is 7.49. The summed E-state index contributed by atoms with van der Waals surface area (Å²) in [7, 11) is -1.94. The summed E-state index contributed by atoms with van der Waals surface area (Å²) in [4.78, 5) is 0. The highest BCUT2D eigenvalue weighted by Crippen LogP contribution is 2.05. The van der Waals surface area contributed by atoms with Gasteiger partial charge in [0.25, 0.3) is 0 Å². The van der Waals surface area contributed by atoms with Crippen LogP contribution in [0.1, 0.15) is 0 Å². The van der Waals surface area contributed by atoms with Crippen molar-refractivity contribution in [2.45, 2.75) is 26.2 Å². The van der Waals surface area contributed by atoms with Crippen LogP contribution in [0.3, 0.4) is 0 Å². The summed E-state index contributed by atoms with van der Waals surface area (Å²) in [5.74, 6) is 0. The Labute approximate surface area is 74.2 Å². The van der Waals surface area contributed by atoms with E-state index < -0.39 is 17.4 Å². The molecular formula is C5H15IOSi2. The Kier molecular flexibility index (Phi) is 4.61. The second kappa shape index (κ2) is 4.10. The zero-order valence-corrected chi connectivity index (χ0v) is 10.9. The first-order valence-electron chi connectivity index (χ1n) is 3.19. The molecule has 56 valence electrons. The summed E-state index contributed by atoms with van der Waals surface area (Å²) in [5.41, 5.74) is 0. The smallest absolute Gasteiger partial charge is 0.170 e. The summed E-state index contributed by atoms with van der Waals surface area (Å²) in [5, 5.41) is 0. The highest BCUT2D eigenvalue weighted by molar-refractivity contribution is 14.1. The van der Waals surface area contributed by atoms with Crippen LogP contribution in [-0.2, 0) is 4.12 Å². The standard InChI is InChI=1S/C5H15IOSi2/c1-8(5-6)7-9(2,3)4/h8H,5H2,1-4H3. The van der Waals surface area contributed by atoms with Gasteiger partial charge in [-0.25, -0.2) is 0 Å². The topological polar surface area (TPSA) is 9.23 Å². The second-order valence-corrected chi connectivity index (χ2v) is 12.9. The predicted octanol–water partition coefficient (Wildman–Crippen LogP) is 2.17. The van der Waals surface area contributed by atoms with Gasteiger partial charge in [-0.1, -0.05) is 22.6 Å². The van der Waals surface area contributed by atoms with E-state index in [0.29, 0.717) is 0 Å². The van der Waals surface area contributed by atoms with Gasteiger partial charge in [0.05, 0.1) is 0 Å². The molecule has 9 heavy (non-hydrogen) atoms. The Morgan fingerprint density at radius 3 is 2.00 bits per heavy atom. The Morgan fingerprint density at radius 1 is 1.44 bits per heavy atom. The third-order valence-corrected chi connectivity index (χ3v) is 9.37. The van der Waals surface area contributed by atoms with Crippen LogP contribution in [0.2, 0.25) is 26.2 Å². The van der Waals surface area contributed by atoms with Gasteiger partial charge in [0.2, 0.25) is 0 Å². The highest BCUT2D eigenvalue weighted by Gasteiger charge is 2.17. The van der Waals surface area contributed by atoms with Crippen molar-refractivity contribution in [3.63, 3.8) is 0 Å². The summed E-state index contributed by atoms with van der Waals surface area (Å²) in [6.07, 6.45) is 0. The van der Waals surface area contributed by atoms with Gasteiger partial charge in [0, 0.05) is 4.05 Å². The van der Waals surface area contributed by atoms with Crippen LogP contribution in [0.15, 0.2) is 0 Å². The fourth-order valence-electron chi connectivity index (χ4n) is 0.635. The number of hydrogen-bond donors (Lipinski definition) is 0. The molecule has 0 aliphatic heterocycles. The lowest BCUT2D eigenvalue weighted by atomic mass is 11.8. The lowest BCUT2D eigenvalue weighted by molar-refractivity contribution is 0.583. The zero-order valence-electron chi connectivity index (χ0n) is 6.57. The summed E-state index contributed by atoms with van der Waals surface area (Å²) < 4.78 is 7.10. The molecule has 0 saturated carbocycles. The molecule has 0 aromatic carbocycles. The van der Waals surface area contributed by atoms with Crippen molar-refractivity contribution in [2.75, 3.05) is 4.05 Å². The Hall–Kier alpha value is 1.12. The van der Waals surface area contributed by atoms with Crippen molar-refractivity contribution >= 4 is 39.9 Å². The molecule has 0 saturated heterocycles. The van der Waals surface area contributed by atoms with Crippen LogP contribution in [0, 0.1) is 0 Å². The first-order valence-corrected chi connectivity index (χ1v) is 10.6. The molecule has 0 heterocycles. The first kappa shape index (κ1) is 10.1. The van der Waals surface area contributed by atoms with Crippen molar-refractivity contribution < 1.29 is 4.12 Å². The van der Waals surface area contributed by atoms with Gasteiger partial charge in [-0.15, -0.1) is 0 Å². The van der Waals surface area contributed by atoms with E-state index in [1.54, 1.807) is 0 Å². The average molecular weight is 274 g/mol. The molecule has 0 N–H and O–H groups in total. The molecule has 0 fully saturated rings. The first-order chi connectivity index (χ1) is 3.95. The number of hydrogen-bond acceptors (Lipinski definition) is 1. The fraction of sp³-hybridized carbons (Fsp3) is 1.00. The van der Waals surface area contributed by atoms with Crippen molar-refractivity contribution in [2.24, 2.45) is 0 Å². The van der Waals surface area contributed by atoms with Gasteiger partial charge < -0.3 is 4.12 Å². The molecule has 0 rings (SSSR count). The van der Waals surface area contributed by atoms with Gasteiger partial charge in [-0.2, -0.15) is 0 Å². The maximum atomic E-state index is 5.86. The molecule has 0 amide bonds. The molecule has 0 aromatic heterocycles. The molecule has 0 bridgehead atoms.